The van der Waals surface area contributed by atoms with Gasteiger partial charge in [0.05, 0.1) is 29.2 Å². The normalized spacial score (nSPS) is 19.1. The van der Waals surface area contributed by atoms with E-state index in [-0.39, 0.29) is 6.61 Å². The van der Waals surface area contributed by atoms with Gasteiger partial charge in [0.2, 0.25) is 5.95 Å². The lowest BCUT2D eigenvalue weighted by molar-refractivity contribution is 0.219. The lowest BCUT2D eigenvalue weighted by Crippen LogP contribution is -2.28. The van der Waals surface area contributed by atoms with Gasteiger partial charge in [0, 0.05) is 36.3 Å². The Morgan fingerprint density at radius 1 is 1.37 bits per heavy atom. The summed E-state index contributed by atoms with van der Waals surface area (Å²) in [6, 6.07) is 7.96. The van der Waals surface area contributed by atoms with Crippen LogP contribution in [0.3, 0.4) is 0 Å². The second-order valence-electron chi connectivity index (χ2n) is 8.27. The Bertz CT molecular complexity index is 1190. The van der Waals surface area contributed by atoms with Crippen molar-refractivity contribution in [3.8, 4) is 17.3 Å². The molecule has 0 saturated heterocycles. The van der Waals surface area contributed by atoms with Crippen LogP contribution in [0.2, 0.25) is 0 Å². The van der Waals surface area contributed by atoms with Crippen LogP contribution in [0.1, 0.15) is 35.7 Å². The molecule has 3 N–H and O–H groups in total. The number of rotatable bonds is 4. The van der Waals surface area contributed by atoms with Crippen LogP contribution >= 0.6 is 0 Å². The van der Waals surface area contributed by atoms with E-state index in [1.54, 1.807) is 6.20 Å². The number of aliphatic hydroxyl groups is 1. The molecule has 1 unspecified atom stereocenters. The summed E-state index contributed by atoms with van der Waals surface area (Å²) in [5, 5.41) is 30.8. The smallest absolute Gasteiger partial charge is 0.228 e. The van der Waals surface area contributed by atoms with Crippen LogP contribution < -0.4 is 10.6 Å². The molecule has 1 aliphatic carbocycles. The molecule has 2 aromatic heterocycles. The second kappa shape index (κ2) is 6.82. The molecule has 0 spiro atoms. The largest absolute Gasteiger partial charge is 0.395 e. The fraction of sp³-hybridized carbons (Fsp3) is 0.364. The van der Waals surface area contributed by atoms with Gasteiger partial charge >= 0.3 is 0 Å². The van der Waals surface area contributed by atoms with E-state index in [0.717, 1.165) is 53.3 Å². The number of aryl methyl sites for hydroxylation is 2. The molecule has 3 aromatic rings. The van der Waals surface area contributed by atoms with Crippen molar-refractivity contribution in [1.29, 1.82) is 5.26 Å². The number of aromatic nitrogens is 4. The van der Waals surface area contributed by atoms with Gasteiger partial charge in [0.25, 0.3) is 0 Å². The summed E-state index contributed by atoms with van der Waals surface area (Å²) in [6.45, 7) is 2.59. The van der Waals surface area contributed by atoms with Crippen molar-refractivity contribution in [2.75, 3.05) is 23.8 Å². The first-order valence-corrected chi connectivity index (χ1v) is 10.1. The number of hydrogen-bond donors (Lipinski definition) is 3. The van der Waals surface area contributed by atoms with E-state index in [4.69, 9.17) is 4.98 Å². The van der Waals surface area contributed by atoms with Crippen molar-refractivity contribution in [3.63, 3.8) is 0 Å². The Labute approximate surface area is 174 Å². The van der Waals surface area contributed by atoms with E-state index >= 15 is 0 Å². The molecular weight excluding hydrogens is 378 g/mol. The summed E-state index contributed by atoms with van der Waals surface area (Å²) < 4.78 is 1.85. The Morgan fingerprint density at radius 3 is 3.03 bits per heavy atom. The number of hydrogen-bond acceptors (Lipinski definition) is 7. The minimum absolute atomic E-state index is 0.00347. The van der Waals surface area contributed by atoms with Crippen molar-refractivity contribution in [1.82, 2.24) is 19.7 Å². The summed E-state index contributed by atoms with van der Waals surface area (Å²) in [5.41, 5.74) is 5.79. The Balaban J connectivity index is 1.54. The standard InChI is InChI=1S/C22H23N7O/c1-22(12-30)11-25-19-14(10-23)8-13(9-16(19)22)17-6-7-24-21(26-17)27-20-15-4-3-5-18(15)28-29(20)2/h6-9,25,30H,3-5,11-12H2,1-2H3,(H,24,26,27). The Morgan fingerprint density at radius 2 is 2.23 bits per heavy atom. The summed E-state index contributed by atoms with van der Waals surface area (Å²) in [4.78, 5) is 9.09. The van der Waals surface area contributed by atoms with Crippen LogP contribution in [0.5, 0.6) is 0 Å². The average Bonchev–Trinajstić information content (AvgIpc) is 3.43. The van der Waals surface area contributed by atoms with Gasteiger partial charge in [-0.2, -0.15) is 10.4 Å². The van der Waals surface area contributed by atoms with Crippen molar-refractivity contribution in [2.45, 2.75) is 31.6 Å². The maximum Gasteiger partial charge on any atom is 0.228 e. The fourth-order valence-electron chi connectivity index (χ4n) is 4.43. The number of fused-ring (bicyclic) bond motifs is 2. The molecular formula is C22H23N7O. The lowest BCUT2D eigenvalue weighted by atomic mass is 9.83. The third-order valence-electron chi connectivity index (χ3n) is 6.16. The Hall–Kier alpha value is -3.44. The predicted molar refractivity (Wildman–Crippen MR) is 114 cm³/mol. The molecule has 1 aromatic carbocycles. The minimum atomic E-state index is -0.430. The molecule has 8 heteroatoms. The van der Waals surface area contributed by atoms with Gasteiger partial charge in [0.1, 0.15) is 11.9 Å². The number of nitrogens with zero attached hydrogens (tertiary/aromatic N) is 5. The van der Waals surface area contributed by atoms with E-state index < -0.39 is 5.41 Å². The van der Waals surface area contributed by atoms with E-state index in [1.807, 2.05) is 36.9 Å². The predicted octanol–water partition coefficient (Wildman–Crippen LogP) is 2.66. The van der Waals surface area contributed by atoms with Crippen LogP contribution in [-0.2, 0) is 25.3 Å². The van der Waals surface area contributed by atoms with Crippen molar-refractivity contribution in [3.05, 3.63) is 46.8 Å². The molecule has 1 atom stereocenters. The minimum Gasteiger partial charge on any atom is -0.395 e. The summed E-state index contributed by atoms with van der Waals surface area (Å²) in [7, 11) is 1.92. The molecule has 1 aliphatic heterocycles. The third kappa shape index (κ3) is 2.82. The number of aliphatic hydroxyl groups excluding tert-OH is 1. The summed E-state index contributed by atoms with van der Waals surface area (Å²) in [6.07, 6.45) is 4.85. The first-order chi connectivity index (χ1) is 14.5. The quantitative estimate of drug-likeness (QED) is 0.616. The van der Waals surface area contributed by atoms with Gasteiger partial charge in [-0.25, -0.2) is 9.97 Å². The summed E-state index contributed by atoms with van der Waals surface area (Å²) in [5.74, 6) is 1.43. The number of nitriles is 1. The van der Waals surface area contributed by atoms with Gasteiger partial charge in [-0.3, -0.25) is 4.68 Å². The van der Waals surface area contributed by atoms with Crippen LogP contribution in [0.15, 0.2) is 24.4 Å². The first kappa shape index (κ1) is 18.6. The highest BCUT2D eigenvalue weighted by Crippen LogP contribution is 2.41. The highest BCUT2D eigenvalue weighted by atomic mass is 16.3. The van der Waals surface area contributed by atoms with Crippen molar-refractivity contribution < 1.29 is 5.11 Å². The topological polar surface area (TPSA) is 112 Å². The SMILES string of the molecule is Cn1nc2c(c1Nc1nccc(-c3cc(C#N)c4c(c3)C(C)(CO)CN4)n1)CCC2. The summed E-state index contributed by atoms with van der Waals surface area (Å²) >= 11 is 0. The molecule has 5 rings (SSSR count). The molecule has 8 nitrogen and oxygen atoms in total. The fourth-order valence-corrected chi connectivity index (χ4v) is 4.43. The third-order valence-corrected chi connectivity index (χ3v) is 6.16. The molecule has 0 radical (unpaired) electrons. The van der Waals surface area contributed by atoms with E-state index in [1.165, 1.54) is 5.56 Å². The molecule has 3 heterocycles. The molecule has 30 heavy (non-hydrogen) atoms. The maximum absolute atomic E-state index is 9.92. The molecule has 0 saturated carbocycles. The average molecular weight is 401 g/mol. The molecule has 2 aliphatic rings. The van der Waals surface area contributed by atoms with Gasteiger partial charge in [-0.05, 0) is 43.0 Å². The van der Waals surface area contributed by atoms with Gasteiger partial charge in [-0.15, -0.1) is 0 Å². The number of anilines is 3. The van der Waals surface area contributed by atoms with Crippen LogP contribution in [0.25, 0.3) is 11.3 Å². The lowest BCUT2D eigenvalue weighted by Gasteiger charge is -2.21. The maximum atomic E-state index is 9.92. The second-order valence-corrected chi connectivity index (χ2v) is 8.27. The monoisotopic (exact) mass is 401 g/mol. The number of benzene rings is 1. The number of nitrogens with one attached hydrogen (secondary N) is 2. The van der Waals surface area contributed by atoms with Crippen LogP contribution in [0.4, 0.5) is 17.5 Å². The molecule has 0 bridgehead atoms. The van der Waals surface area contributed by atoms with Crippen LogP contribution in [-0.4, -0.2) is 38.0 Å². The van der Waals surface area contributed by atoms with Gasteiger partial charge in [0.15, 0.2) is 0 Å². The van der Waals surface area contributed by atoms with Gasteiger partial charge < -0.3 is 15.7 Å². The van der Waals surface area contributed by atoms with E-state index in [0.29, 0.717) is 18.1 Å². The zero-order chi connectivity index (χ0) is 20.9. The van der Waals surface area contributed by atoms with Crippen LogP contribution in [0, 0.1) is 11.3 Å². The first-order valence-electron chi connectivity index (χ1n) is 10.1. The van der Waals surface area contributed by atoms with Crippen molar-refractivity contribution in [2.24, 2.45) is 7.05 Å². The van der Waals surface area contributed by atoms with Crippen molar-refractivity contribution >= 4 is 17.5 Å². The zero-order valence-electron chi connectivity index (χ0n) is 17.0. The highest BCUT2D eigenvalue weighted by molar-refractivity contribution is 5.76. The highest BCUT2D eigenvalue weighted by Gasteiger charge is 2.36. The zero-order valence-corrected chi connectivity index (χ0v) is 17.0. The van der Waals surface area contributed by atoms with E-state index in [9.17, 15) is 10.4 Å². The van der Waals surface area contributed by atoms with Gasteiger partial charge in [-0.1, -0.05) is 6.92 Å². The van der Waals surface area contributed by atoms with E-state index in [2.05, 4.69) is 26.8 Å². The molecule has 0 fully saturated rings. The molecule has 152 valence electrons. The Kier molecular flexibility index (Phi) is 4.22. The molecule has 0 amide bonds.